The van der Waals surface area contributed by atoms with Gasteiger partial charge in [-0.2, -0.15) is 0 Å². The molecule has 232 valence electrons. The smallest absolute Gasteiger partial charge is 0.251 e. The fraction of sp³-hybridized carbons (Fsp3) is 0.206. The summed E-state index contributed by atoms with van der Waals surface area (Å²) in [6.07, 6.45) is 0.782. The number of amides is 4. The van der Waals surface area contributed by atoms with Crippen LogP contribution in [0.4, 0.5) is 0 Å². The van der Waals surface area contributed by atoms with E-state index < -0.39 is 29.8 Å². The van der Waals surface area contributed by atoms with Crippen molar-refractivity contribution >= 4 is 40.4 Å². The van der Waals surface area contributed by atoms with Gasteiger partial charge in [0.1, 0.15) is 12.1 Å². The number of rotatable bonds is 14. The molecule has 4 aromatic rings. The molecule has 45 heavy (non-hydrogen) atoms. The molecular formula is C34H37N7O4. The van der Waals surface area contributed by atoms with Crippen LogP contribution in [0.3, 0.4) is 0 Å². The number of aliphatic imine (C=N–C) groups is 1. The summed E-state index contributed by atoms with van der Waals surface area (Å²) in [5.41, 5.74) is 19.0. The SMILES string of the molecule is NC(=O)[C@H](Cc1ccc2ccccc2c1)NC(=O)[C@H](CCCN=C(N)N)NC(=O)c1ccc(CNC(=O)c2ccccc2)cc1. The fourth-order valence-corrected chi connectivity index (χ4v) is 4.76. The third-order valence-corrected chi connectivity index (χ3v) is 7.19. The maximum Gasteiger partial charge on any atom is 0.251 e. The van der Waals surface area contributed by atoms with E-state index in [4.69, 9.17) is 17.2 Å². The molecule has 0 saturated heterocycles. The van der Waals surface area contributed by atoms with E-state index in [-0.39, 0.29) is 37.8 Å². The van der Waals surface area contributed by atoms with Gasteiger partial charge in [-0.25, -0.2) is 0 Å². The van der Waals surface area contributed by atoms with E-state index in [2.05, 4.69) is 20.9 Å². The van der Waals surface area contributed by atoms with Gasteiger partial charge in [0.05, 0.1) is 0 Å². The summed E-state index contributed by atoms with van der Waals surface area (Å²) in [4.78, 5) is 55.2. The van der Waals surface area contributed by atoms with Crippen LogP contribution in [0.5, 0.6) is 0 Å². The van der Waals surface area contributed by atoms with Crippen LogP contribution in [0, 0.1) is 0 Å². The Bertz CT molecular complexity index is 1670. The Morgan fingerprint density at radius 1 is 0.667 bits per heavy atom. The Hall–Kier alpha value is -5.71. The first-order valence-electron chi connectivity index (χ1n) is 14.6. The number of benzene rings is 4. The molecule has 0 saturated carbocycles. The van der Waals surface area contributed by atoms with Crippen LogP contribution >= 0.6 is 0 Å². The zero-order valence-electron chi connectivity index (χ0n) is 24.7. The minimum absolute atomic E-state index is 0.0794. The van der Waals surface area contributed by atoms with E-state index in [0.29, 0.717) is 17.5 Å². The summed E-state index contributed by atoms with van der Waals surface area (Å²) >= 11 is 0. The van der Waals surface area contributed by atoms with Gasteiger partial charge in [0, 0.05) is 30.6 Å². The average molecular weight is 608 g/mol. The standard InChI is InChI=1S/C34H37N7O4/c35-30(42)29(20-23-14-15-24-7-4-5-10-27(24)19-23)41-33(45)28(11-6-18-38-34(36)37)40-32(44)26-16-12-22(13-17-26)21-39-31(43)25-8-2-1-3-9-25/h1-5,7-10,12-17,19,28-29H,6,11,18,20-21H2,(H2,35,42)(H,39,43)(H,40,44)(H,41,45)(H4,36,37,38)/t28-,29-/m0/s1. The van der Waals surface area contributed by atoms with Gasteiger partial charge in [0.2, 0.25) is 11.8 Å². The van der Waals surface area contributed by atoms with Gasteiger partial charge >= 0.3 is 0 Å². The summed E-state index contributed by atoms with van der Waals surface area (Å²) in [6, 6.07) is 27.1. The molecule has 0 aliphatic heterocycles. The van der Waals surface area contributed by atoms with E-state index in [1.54, 1.807) is 48.5 Å². The Morgan fingerprint density at radius 3 is 2.00 bits per heavy atom. The van der Waals surface area contributed by atoms with Crippen molar-refractivity contribution in [3.63, 3.8) is 0 Å². The van der Waals surface area contributed by atoms with Crippen molar-refractivity contribution < 1.29 is 19.2 Å². The molecule has 2 atom stereocenters. The number of primary amides is 1. The number of hydrogen-bond acceptors (Lipinski definition) is 5. The van der Waals surface area contributed by atoms with Crippen LogP contribution in [-0.2, 0) is 22.6 Å². The second-order valence-corrected chi connectivity index (χ2v) is 10.6. The first-order chi connectivity index (χ1) is 21.7. The molecule has 0 aromatic heterocycles. The molecule has 0 radical (unpaired) electrons. The quantitative estimate of drug-likeness (QED) is 0.0722. The van der Waals surface area contributed by atoms with Crippen molar-refractivity contribution in [2.45, 2.75) is 37.9 Å². The van der Waals surface area contributed by atoms with Crippen LogP contribution in [0.2, 0.25) is 0 Å². The highest BCUT2D eigenvalue weighted by Gasteiger charge is 2.26. The van der Waals surface area contributed by atoms with E-state index >= 15 is 0 Å². The molecule has 4 rings (SSSR count). The van der Waals surface area contributed by atoms with Crippen molar-refractivity contribution in [3.8, 4) is 0 Å². The first kappa shape index (κ1) is 32.2. The van der Waals surface area contributed by atoms with E-state index in [1.165, 1.54) is 0 Å². The van der Waals surface area contributed by atoms with E-state index in [9.17, 15) is 19.2 Å². The number of carbonyl (C=O) groups excluding carboxylic acids is 4. The number of hydrogen-bond donors (Lipinski definition) is 6. The Balaban J connectivity index is 1.41. The molecule has 0 aliphatic rings. The Labute approximate surface area is 261 Å². The molecule has 11 heteroatoms. The molecule has 0 bridgehead atoms. The number of carbonyl (C=O) groups is 4. The zero-order valence-corrected chi connectivity index (χ0v) is 24.7. The molecule has 4 amide bonds. The van der Waals surface area contributed by atoms with Gasteiger partial charge in [0.15, 0.2) is 5.96 Å². The van der Waals surface area contributed by atoms with Gasteiger partial charge < -0.3 is 33.2 Å². The predicted octanol–water partition coefficient (Wildman–Crippen LogP) is 2.13. The Morgan fingerprint density at radius 2 is 1.31 bits per heavy atom. The van der Waals surface area contributed by atoms with Crippen LogP contribution < -0.4 is 33.2 Å². The van der Waals surface area contributed by atoms with Crippen molar-refractivity contribution in [1.29, 1.82) is 0 Å². The molecule has 0 fully saturated rings. The van der Waals surface area contributed by atoms with Gasteiger partial charge in [-0.3, -0.25) is 24.2 Å². The van der Waals surface area contributed by atoms with Crippen LogP contribution in [0.1, 0.15) is 44.7 Å². The maximum atomic E-state index is 13.4. The van der Waals surface area contributed by atoms with Gasteiger partial charge in [-0.15, -0.1) is 0 Å². The largest absolute Gasteiger partial charge is 0.370 e. The summed E-state index contributed by atoms with van der Waals surface area (Å²) in [6.45, 7) is 0.527. The van der Waals surface area contributed by atoms with Gasteiger partial charge in [0.25, 0.3) is 11.8 Å². The van der Waals surface area contributed by atoms with Crippen molar-refractivity contribution in [2.75, 3.05) is 6.54 Å². The highest BCUT2D eigenvalue weighted by Crippen LogP contribution is 2.17. The van der Waals surface area contributed by atoms with Crippen LogP contribution in [0.25, 0.3) is 10.8 Å². The summed E-state index contributed by atoms with van der Waals surface area (Å²) in [5, 5.41) is 10.4. The molecule has 0 spiro atoms. The van der Waals surface area contributed by atoms with Crippen molar-refractivity contribution in [3.05, 3.63) is 119 Å². The highest BCUT2D eigenvalue weighted by atomic mass is 16.2. The second-order valence-electron chi connectivity index (χ2n) is 10.6. The van der Waals surface area contributed by atoms with Gasteiger partial charge in [-0.1, -0.05) is 72.8 Å². The number of nitrogens with two attached hydrogens (primary N) is 3. The number of nitrogens with one attached hydrogen (secondary N) is 3. The highest BCUT2D eigenvalue weighted by molar-refractivity contribution is 5.98. The molecule has 9 N–H and O–H groups in total. The van der Waals surface area contributed by atoms with Crippen molar-refractivity contribution in [1.82, 2.24) is 16.0 Å². The minimum atomic E-state index is -0.999. The minimum Gasteiger partial charge on any atom is -0.370 e. The molecule has 4 aromatic carbocycles. The molecule has 0 unspecified atom stereocenters. The molecular weight excluding hydrogens is 570 g/mol. The third-order valence-electron chi connectivity index (χ3n) is 7.19. The normalized spacial score (nSPS) is 12.0. The van der Waals surface area contributed by atoms with Crippen LogP contribution in [0.15, 0.2) is 102 Å². The third kappa shape index (κ3) is 9.65. The number of guanidine groups is 1. The van der Waals surface area contributed by atoms with Gasteiger partial charge in [-0.05, 0) is 59.0 Å². The fourth-order valence-electron chi connectivity index (χ4n) is 4.76. The Kier molecular flexibility index (Phi) is 11.2. The van der Waals surface area contributed by atoms with E-state index in [0.717, 1.165) is 21.9 Å². The van der Waals surface area contributed by atoms with Crippen LogP contribution in [-0.4, -0.2) is 48.2 Å². The molecule has 0 aliphatic carbocycles. The monoisotopic (exact) mass is 607 g/mol. The lowest BCUT2D eigenvalue weighted by atomic mass is 10.0. The lowest BCUT2D eigenvalue weighted by Crippen LogP contribution is -2.53. The summed E-state index contributed by atoms with van der Waals surface area (Å²) < 4.78 is 0. The van der Waals surface area contributed by atoms with E-state index in [1.807, 2.05) is 48.5 Å². The molecule has 0 heterocycles. The summed E-state index contributed by atoms with van der Waals surface area (Å²) in [5.74, 6) is -2.02. The predicted molar refractivity (Wildman–Crippen MR) is 174 cm³/mol. The average Bonchev–Trinajstić information content (AvgIpc) is 3.05. The number of nitrogens with zero attached hydrogens (tertiary/aromatic N) is 1. The lowest BCUT2D eigenvalue weighted by Gasteiger charge is -2.22. The molecule has 11 nitrogen and oxygen atoms in total. The maximum absolute atomic E-state index is 13.4. The zero-order chi connectivity index (χ0) is 32.2. The summed E-state index contributed by atoms with van der Waals surface area (Å²) in [7, 11) is 0. The first-order valence-corrected chi connectivity index (χ1v) is 14.6. The lowest BCUT2D eigenvalue weighted by molar-refractivity contribution is -0.128. The van der Waals surface area contributed by atoms with Crippen molar-refractivity contribution in [2.24, 2.45) is 22.2 Å². The topological polar surface area (TPSA) is 195 Å². The number of fused-ring (bicyclic) bond motifs is 1. The second kappa shape index (κ2) is 15.7.